The van der Waals surface area contributed by atoms with Gasteiger partial charge in [-0.05, 0) is 101 Å². The van der Waals surface area contributed by atoms with Gasteiger partial charge in [0.2, 0.25) is 65.0 Å². The minimum atomic E-state index is -1.80. The fourth-order valence-electron chi connectivity index (χ4n) is 10.7. The summed E-state index contributed by atoms with van der Waals surface area (Å²) >= 11 is 0. The topological polar surface area (TPSA) is 576 Å². The number of guanidine groups is 1. The number of carboxylic acid groups (broad SMARTS) is 1. The van der Waals surface area contributed by atoms with Gasteiger partial charge in [-0.25, -0.2) is 4.79 Å². The monoisotopic (exact) mass is 1390 g/mol. The average molecular weight is 1400 g/mol. The van der Waals surface area contributed by atoms with Crippen LogP contribution in [0.3, 0.4) is 0 Å². The van der Waals surface area contributed by atoms with Crippen LogP contribution in [0.25, 0.3) is 10.9 Å². The molecule has 2 heterocycles. The highest BCUT2D eigenvalue weighted by Gasteiger charge is 2.41. The Kier molecular flexibility index (Phi) is 32.4. The number of hydrogen-bond donors (Lipinski definition) is 21. The molecule has 0 unspecified atom stereocenters. The smallest absolute Gasteiger partial charge is 0.326 e. The van der Waals surface area contributed by atoms with Crippen molar-refractivity contribution in [2.24, 2.45) is 34.0 Å². The maximum atomic E-state index is 14.3. The van der Waals surface area contributed by atoms with E-state index in [0.717, 1.165) is 11.8 Å². The number of aliphatic hydroxyl groups excluding tert-OH is 5. The number of nitrogens with one attached hydrogen (secondary N) is 11. The maximum absolute atomic E-state index is 14.3. The summed E-state index contributed by atoms with van der Waals surface area (Å²) < 4.78 is 0. The number of amides is 11. The summed E-state index contributed by atoms with van der Waals surface area (Å²) in [6, 6.07) is -6.06. The predicted molar refractivity (Wildman–Crippen MR) is 357 cm³/mol. The zero-order valence-corrected chi connectivity index (χ0v) is 56.7. The summed E-state index contributed by atoms with van der Waals surface area (Å²) in [5, 5.41) is 96.9. The number of carboxylic acids is 1. The lowest BCUT2D eigenvalue weighted by Crippen LogP contribution is -2.63. The van der Waals surface area contributed by atoms with Crippen molar-refractivity contribution in [3.8, 4) is 5.75 Å². The Bertz CT molecular complexity index is 3310. The van der Waals surface area contributed by atoms with Gasteiger partial charge in [0.05, 0.1) is 31.5 Å². The van der Waals surface area contributed by atoms with E-state index in [1.165, 1.54) is 45.0 Å². The van der Waals surface area contributed by atoms with Crippen LogP contribution in [0.4, 0.5) is 0 Å². The number of aromatic nitrogens is 1. The van der Waals surface area contributed by atoms with Gasteiger partial charge < -0.3 is 116 Å². The van der Waals surface area contributed by atoms with Crippen molar-refractivity contribution < 1.29 is 93.3 Å². The number of likely N-dealkylation sites (tertiary alicyclic amines) is 1. The van der Waals surface area contributed by atoms with Crippen molar-refractivity contribution in [2.45, 2.75) is 198 Å². The molecular formula is C64H98N16O19. The molecular weight excluding hydrogens is 1300 g/mol. The minimum absolute atomic E-state index is 0.0157. The molecule has 11 amide bonds. The van der Waals surface area contributed by atoms with Crippen LogP contribution >= 0.6 is 0 Å². The quantitative estimate of drug-likeness (QED) is 0.0144. The second kappa shape index (κ2) is 39.1. The van der Waals surface area contributed by atoms with E-state index in [9.17, 15) is 93.3 Å². The Hall–Kier alpha value is -9.55. The third kappa shape index (κ3) is 24.7. The van der Waals surface area contributed by atoms with Crippen LogP contribution in [-0.2, 0) is 70.4 Å². The van der Waals surface area contributed by atoms with Gasteiger partial charge in [0, 0.05) is 43.0 Å². The van der Waals surface area contributed by atoms with Crippen molar-refractivity contribution in [2.75, 3.05) is 26.3 Å². The number of H-pyrrole nitrogens is 1. The number of carbonyl (C=O) groups is 12. The lowest BCUT2D eigenvalue weighted by Gasteiger charge is -2.31. The molecule has 1 aliphatic heterocycles. The van der Waals surface area contributed by atoms with Crippen LogP contribution in [0, 0.1) is 11.8 Å². The summed E-state index contributed by atoms with van der Waals surface area (Å²) in [5.74, 6) is -13.6. The molecule has 0 bridgehead atoms. The number of para-hydroxylation sites is 1. The number of rotatable bonds is 39. The number of carbonyl (C=O) groups excluding carboxylic acids is 11. The Morgan fingerprint density at radius 3 is 1.66 bits per heavy atom. The van der Waals surface area contributed by atoms with E-state index in [2.05, 4.69) is 63.1 Å². The zero-order valence-electron chi connectivity index (χ0n) is 56.7. The number of aliphatic hydroxyl groups is 5. The van der Waals surface area contributed by atoms with Crippen LogP contribution in [0.5, 0.6) is 5.75 Å². The first-order valence-corrected chi connectivity index (χ1v) is 32.6. The van der Waals surface area contributed by atoms with Gasteiger partial charge in [0.1, 0.15) is 78.3 Å². The molecule has 0 spiro atoms. The number of aromatic hydroxyl groups is 1. The van der Waals surface area contributed by atoms with E-state index in [-0.39, 0.29) is 82.1 Å². The molecule has 16 atom stereocenters. The van der Waals surface area contributed by atoms with Gasteiger partial charge in [-0.1, -0.05) is 64.4 Å². The molecule has 1 aliphatic rings. The summed E-state index contributed by atoms with van der Waals surface area (Å²) in [6.07, 6.45) is -3.19. The number of aliphatic imine (C=N–C) groups is 1. The number of hydrogen-bond acceptors (Lipinski definition) is 20. The van der Waals surface area contributed by atoms with Crippen LogP contribution in [-0.4, -0.2) is 240 Å². The molecule has 4 rings (SSSR count). The molecule has 1 saturated heterocycles. The SMILES string of the molecule is CC[C@H](C)[C@H](NC(=O)[C@@H](NC(=O)[C@H](Cc1c[nH]c2ccccc12)NC(=O)[C@H](CO)NC(=O)[C@@H](N)[C@@H](C)O)[C@@H](C)O)C(=O)N[C@@H](C)C(=O)N1CCC[C@H]1C(=O)N[C@@H](CO)C(=O)N[C@@H](CCCN=C(N)N)C(=O)N[C@H](C(=O)N[C@@H](CC(C)C)C(=O)N[C@@H](Cc1ccc(O)cc1)C(=O)O)[C@@H](C)O. The van der Waals surface area contributed by atoms with Crippen LogP contribution in [0.2, 0.25) is 0 Å². The molecule has 2 aromatic carbocycles. The maximum Gasteiger partial charge on any atom is 0.326 e. The standard InChI is InChI=1S/C64H98N16O19/c1-9-31(4)49(77-61(96)51(35(8)85)79-54(89)43(26-37-27-69-40-15-11-10-14-39(37)40)72-56(91)46(29-82)76-58(93)48(65)33(6)83)59(94)70-32(5)62(97)80-23-13-17-47(80)57(92)75-45(28-81)55(90)71-41(16-12-22-68-64(66)67)52(87)78-50(34(7)84)60(95)73-42(24-30(2)3)53(88)74-44(63(98)99)25-36-18-20-38(86)21-19-36/h10-11,14-15,18-21,27,30-35,41-51,69,81-86H,9,12-13,16-17,22-26,28-29,65H2,1-8H3,(H,70,94)(H,71,90)(H,72,91)(H,73,95)(H,74,88)(H,75,92)(H,76,93)(H,77,96)(H,78,87)(H,79,89)(H,98,99)(H4,66,67,68)/t31-,32-,33+,34+,35+,41-,42-,43-,44-,45-,46-,47-,48-,49-,50-,51-/m0/s1. The summed E-state index contributed by atoms with van der Waals surface area (Å²) in [5.41, 5.74) is 18.3. The van der Waals surface area contributed by atoms with Crippen molar-refractivity contribution in [3.63, 3.8) is 0 Å². The number of fused-ring (bicyclic) bond motifs is 1. The van der Waals surface area contributed by atoms with Crippen molar-refractivity contribution in [3.05, 3.63) is 65.9 Å². The van der Waals surface area contributed by atoms with E-state index in [1.807, 2.05) is 0 Å². The highest BCUT2D eigenvalue weighted by atomic mass is 16.4. The molecule has 35 heteroatoms. The van der Waals surface area contributed by atoms with E-state index >= 15 is 0 Å². The number of aromatic amines is 1. The number of phenols is 1. The first-order chi connectivity index (χ1) is 46.6. The second-order valence-electron chi connectivity index (χ2n) is 25.1. The highest BCUT2D eigenvalue weighted by Crippen LogP contribution is 2.22. The van der Waals surface area contributed by atoms with Gasteiger partial charge in [0.25, 0.3) is 0 Å². The molecule has 0 aliphatic carbocycles. The number of aliphatic carboxylic acids is 1. The highest BCUT2D eigenvalue weighted by molar-refractivity contribution is 6.00. The molecule has 548 valence electrons. The van der Waals surface area contributed by atoms with E-state index < -0.39 is 181 Å². The van der Waals surface area contributed by atoms with E-state index in [1.54, 1.807) is 58.2 Å². The van der Waals surface area contributed by atoms with E-state index in [0.29, 0.717) is 22.0 Å². The number of nitrogens with two attached hydrogens (primary N) is 3. The number of nitrogens with zero attached hydrogens (tertiary/aromatic N) is 2. The molecule has 99 heavy (non-hydrogen) atoms. The Morgan fingerprint density at radius 1 is 0.596 bits per heavy atom. The van der Waals surface area contributed by atoms with Crippen molar-refractivity contribution in [1.29, 1.82) is 0 Å². The van der Waals surface area contributed by atoms with Gasteiger partial charge in [-0.2, -0.15) is 0 Å². The zero-order chi connectivity index (χ0) is 74.1. The number of phenolic OH excluding ortho intramolecular Hbond substituents is 1. The molecule has 1 fully saturated rings. The fraction of sp³-hybridized carbons (Fsp3) is 0.578. The second-order valence-corrected chi connectivity index (χ2v) is 25.1. The fourth-order valence-corrected chi connectivity index (χ4v) is 10.7. The lowest BCUT2D eigenvalue weighted by atomic mass is 9.97. The largest absolute Gasteiger partial charge is 0.508 e. The van der Waals surface area contributed by atoms with Gasteiger partial charge in [-0.3, -0.25) is 57.7 Å². The third-order valence-corrected chi connectivity index (χ3v) is 16.6. The summed E-state index contributed by atoms with van der Waals surface area (Å²) in [6.45, 7) is 9.51. The van der Waals surface area contributed by atoms with E-state index in [4.69, 9.17) is 17.2 Å². The molecule has 35 nitrogen and oxygen atoms in total. The summed E-state index contributed by atoms with van der Waals surface area (Å²) in [4.78, 5) is 173. The predicted octanol–water partition coefficient (Wildman–Crippen LogP) is -5.80. The van der Waals surface area contributed by atoms with Crippen molar-refractivity contribution in [1.82, 2.24) is 63.1 Å². The molecule has 1 aromatic heterocycles. The first-order valence-electron chi connectivity index (χ1n) is 32.6. The Balaban J connectivity index is 1.48. The van der Waals surface area contributed by atoms with Crippen LogP contribution in [0.15, 0.2) is 59.7 Å². The number of benzene rings is 2. The summed E-state index contributed by atoms with van der Waals surface area (Å²) in [7, 11) is 0. The third-order valence-electron chi connectivity index (χ3n) is 16.6. The van der Waals surface area contributed by atoms with Crippen LogP contribution < -0.4 is 70.4 Å². The molecule has 24 N–H and O–H groups in total. The lowest BCUT2D eigenvalue weighted by molar-refractivity contribution is -0.142. The van der Waals surface area contributed by atoms with Crippen LogP contribution in [0.1, 0.15) is 105 Å². The molecule has 3 aromatic rings. The Labute approximate surface area is 571 Å². The minimum Gasteiger partial charge on any atom is -0.508 e. The normalized spacial score (nSPS) is 17.4. The first kappa shape index (κ1) is 81.9. The molecule has 0 radical (unpaired) electrons. The van der Waals surface area contributed by atoms with Gasteiger partial charge in [-0.15, -0.1) is 0 Å². The van der Waals surface area contributed by atoms with Crippen molar-refractivity contribution >= 4 is 87.8 Å². The molecule has 0 saturated carbocycles. The van der Waals surface area contributed by atoms with Gasteiger partial charge in [0.15, 0.2) is 5.96 Å². The van der Waals surface area contributed by atoms with Gasteiger partial charge >= 0.3 is 5.97 Å². The average Bonchev–Trinajstić information content (AvgIpc) is 1.74. The Morgan fingerprint density at radius 2 is 1.10 bits per heavy atom.